The van der Waals surface area contributed by atoms with E-state index >= 15 is 0 Å². The van der Waals surface area contributed by atoms with Crippen molar-refractivity contribution in [3.05, 3.63) is 22.2 Å². The molecule has 0 fully saturated rings. The molecule has 0 aromatic heterocycles. The van der Waals surface area contributed by atoms with E-state index in [9.17, 15) is 8.42 Å². The van der Waals surface area contributed by atoms with Crippen LogP contribution in [0, 0.1) is 0 Å². The van der Waals surface area contributed by atoms with Gasteiger partial charge in [-0.3, -0.25) is 0 Å². The fraction of sp³-hybridized carbons (Fsp3) is 0.400. The van der Waals surface area contributed by atoms with Crippen molar-refractivity contribution in [1.29, 1.82) is 0 Å². The smallest absolute Gasteiger partial charge is 0.243 e. The number of ether oxygens (including phenoxy) is 1. The summed E-state index contributed by atoms with van der Waals surface area (Å²) < 4.78 is 31.2. The fourth-order valence-electron chi connectivity index (χ4n) is 1.32. The van der Waals surface area contributed by atoms with Crippen molar-refractivity contribution in [2.24, 2.45) is 0 Å². The molecule has 108 valence electrons. The lowest BCUT2D eigenvalue weighted by molar-refractivity contribution is 0.0961. The van der Waals surface area contributed by atoms with E-state index < -0.39 is 10.0 Å². The van der Waals surface area contributed by atoms with Gasteiger partial charge in [0.15, 0.2) is 0 Å². The van der Waals surface area contributed by atoms with E-state index in [0.29, 0.717) is 0 Å². The van der Waals surface area contributed by atoms with Crippen LogP contribution in [0.4, 0.5) is 5.69 Å². The Morgan fingerprint density at radius 3 is 2.37 bits per heavy atom. The first-order valence-electron chi connectivity index (χ1n) is 5.31. The standard InChI is InChI=1S/C10H14Cl2N2O4S/c11-8-5-7(13)6-9(12)10(8)19(16,17)14-1-3-18-4-2-15/h5-6,14-15H,1-4,13H2. The van der Waals surface area contributed by atoms with Gasteiger partial charge >= 0.3 is 0 Å². The van der Waals surface area contributed by atoms with E-state index in [0.717, 1.165) is 0 Å². The second kappa shape index (κ2) is 7.28. The number of anilines is 1. The number of benzene rings is 1. The van der Waals surface area contributed by atoms with Gasteiger partial charge in [0.25, 0.3) is 0 Å². The number of aliphatic hydroxyl groups is 1. The maximum atomic E-state index is 12.0. The lowest BCUT2D eigenvalue weighted by atomic mass is 10.3. The summed E-state index contributed by atoms with van der Waals surface area (Å²) in [6, 6.07) is 2.62. The van der Waals surface area contributed by atoms with E-state index in [-0.39, 0.29) is 47.0 Å². The Kier molecular flexibility index (Phi) is 6.31. The number of nitrogens with two attached hydrogens (primary N) is 1. The van der Waals surface area contributed by atoms with Crippen molar-refractivity contribution < 1.29 is 18.3 Å². The molecule has 0 heterocycles. The molecular weight excluding hydrogens is 315 g/mol. The molecule has 1 aromatic carbocycles. The Morgan fingerprint density at radius 2 is 1.84 bits per heavy atom. The number of nitrogen functional groups attached to an aromatic ring is 1. The minimum Gasteiger partial charge on any atom is -0.399 e. The highest BCUT2D eigenvalue weighted by Gasteiger charge is 2.21. The molecule has 0 aliphatic carbocycles. The summed E-state index contributed by atoms with van der Waals surface area (Å²) in [6.45, 7) is 0.191. The van der Waals surface area contributed by atoms with Crippen molar-refractivity contribution in [2.75, 3.05) is 32.1 Å². The Bertz CT molecular complexity index is 513. The van der Waals surface area contributed by atoms with E-state index in [1.165, 1.54) is 12.1 Å². The van der Waals surface area contributed by atoms with E-state index in [4.69, 9.17) is 38.8 Å². The molecule has 0 unspecified atom stereocenters. The van der Waals surface area contributed by atoms with Crippen molar-refractivity contribution in [3.8, 4) is 0 Å². The SMILES string of the molecule is Nc1cc(Cl)c(S(=O)(=O)NCCOCCO)c(Cl)c1. The summed E-state index contributed by atoms with van der Waals surface area (Å²) in [5.74, 6) is 0. The van der Waals surface area contributed by atoms with Gasteiger partial charge in [-0.2, -0.15) is 0 Å². The molecule has 4 N–H and O–H groups in total. The second-order valence-corrected chi connectivity index (χ2v) is 6.07. The van der Waals surface area contributed by atoms with Crippen molar-refractivity contribution in [2.45, 2.75) is 4.90 Å². The van der Waals surface area contributed by atoms with Gasteiger partial charge in [-0.25, -0.2) is 13.1 Å². The lowest BCUT2D eigenvalue weighted by Gasteiger charge is -2.10. The van der Waals surface area contributed by atoms with Crippen LogP contribution >= 0.6 is 23.2 Å². The van der Waals surface area contributed by atoms with Gasteiger partial charge < -0.3 is 15.6 Å². The average Bonchev–Trinajstić information content (AvgIpc) is 2.26. The van der Waals surface area contributed by atoms with Crippen LogP contribution in [0.5, 0.6) is 0 Å². The molecule has 1 aromatic rings. The van der Waals surface area contributed by atoms with Crippen LogP contribution in [0.1, 0.15) is 0 Å². The zero-order valence-corrected chi connectivity index (χ0v) is 12.2. The third-order valence-corrected chi connectivity index (χ3v) is 4.45. The molecule has 0 amide bonds. The van der Waals surface area contributed by atoms with Gasteiger partial charge in [0.1, 0.15) is 4.90 Å². The molecule has 6 nitrogen and oxygen atoms in total. The molecule has 1 rings (SSSR count). The molecule has 0 spiro atoms. The summed E-state index contributed by atoms with van der Waals surface area (Å²) >= 11 is 11.7. The third kappa shape index (κ3) is 4.79. The predicted molar refractivity (Wildman–Crippen MR) is 74.0 cm³/mol. The van der Waals surface area contributed by atoms with Crippen LogP contribution in [0.25, 0.3) is 0 Å². The molecule has 0 saturated heterocycles. The number of nitrogens with one attached hydrogen (secondary N) is 1. The highest BCUT2D eigenvalue weighted by Crippen LogP contribution is 2.31. The minimum absolute atomic E-state index is 0.0410. The summed E-state index contributed by atoms with van der Waals surface area (Å²) in [7, 11) is -3.84. The van der Waals surface area contributed by atoms with Crippen LogP contribution in [0.2, 0.25) is 10.0 Å². The molecular formula is C10H14Cl2N2O4S. The molecule has 19 heavy (non-hydrogen) atoms. The Balaban J connectivity index is 2.78. The summed E-state index contributed by atoms with van der Waals surface area (Å²) in [5, 5.41) is 8.40. The van der Waals surface area contributed by atoms with Crippen molar-refractivity contribution in [1.82, 2.24) is 4.72 Å². The zero-order chi connectivity index (χ0) is 14.5. The van der Waals surface area contributed by atoms with Crippen LogP contribution in [0.3, 0.4) is 0 Å². The zero-order valence-electron chi connectivity index (χ0n) is 9.90. The maximum Gasteiger partial charge on any atom is 0.243 e. The topological polar surface area (TPSA) is 102 Å². The quantitative estimate of drug-likeness (QED) is 0.509. The molecule has 9 heteroatoms. The predicted octanol–water partition coefficient (Wildman–Crippen LogP) is 0.863. The Morgan fingerprint density at radius 1 is 1.26 bits per heavy atom. The molecule has 0 atom stereocenters. The number of hydrogen-bond donors (Lipinski definition) is 3. The maximum absolute atomic E-state index is 12.0. The molecule has 0 radical (unpaired) electrons. The average molecular weight is 329 g/mol. The Labute approximate surface area is 121 Å². The summed E-state index contributed by atoms with van der Waals surface area (Å²) in [4.78, 5) is -0.216. The summed E-state index contributed by atoms with van der Waals surface area (Å²) in [5.41, 5.74) is 5.78. The van der Waals surface area contributed by atoms with E-state index in [1.54, 1.807) is 0 Å². The number of halogens is 2. The van der Waals surface area contributed by atoms with Crippen LogP contribution in [-0.2, 0) is 14.8 Å². The number of aliphatic hydroxyl groups excluding tert-OH is 1. The van der Waals surface area contributed by atoms with Crippen LogP contribution in [-0.4, -0.2) is 39.9 Å². The Hall–Kier alpha value is -0.570. The first kappa shape index (κ1) is 16.5. The second-order valence-electron chi connectivity index (χ2n) is 3.55. The van der Waals surface area contributed by atoms with Gasteiger partial charge in [-0.15, -0.1) is 0 Å². The lowest BCUT2D eigenvalue weighted by Crippen LogP contribution is -2.28. The monoisotopic (exact) mass is 328 g/mol. The number of hydrogen-bond acceptors (Lipinski definition) is 5. The first-order chi connectivity index (χ1) is 8.88. The van der Waals surface area contributed by atoms with Crippen LogP contribution < -0.4 is 10.5 Å². The number of rotatable bonds is 7. The van der Waals surface area contributed by atoms with Crippen molar-refractivity contribution in [3.63, 3.8) is 0 Å². The number of sulfonamides is 1. The normalized spacial score (nSPS) is 11.7. The van der Waals surface area contributed by atoms with Crippen LogP contribution in [0.15, 0.2) is 17.0 Å². The molecule has 0 bridgehead atoms. The third-order valence-electron chi connectivity index (χ3n) is 2.06. The first-order valence-corrected chi connectivity index (χ1v) is 7.55. The van der Waals surface area contributed by atoms with Gasteiger partial charge in [-0.05, 0) is 12.1 Å². The van der Waals surface area contributed by atoms with Gasteiger partial charge in [0.05, 0.1) is 29.9 Å². The molecule has 0 aliphatic rings. The fourth-order valence-corrected chi connectivity index (χ4v) is 3.56. The van der Waals surface area contributed by atoms with Gasteiger partial charge in [-0.1, -0.05) is 23.2 Å². The van der Waals surface area contributed by atoms with Gasteiger partial charge in [0, 0.05) is 12.2 Å². The van der Waals surface area contributed by atoms with E-state index in [1.807, 2.05) is 0 Å². The van der Waals surface area contributed by atoms with Gasteiger partial charge in [0.2, 0.25) is 10.0 Å². The highest BCUT2D eigenvalue weighted by molar-refractivity contribution is 7.89. The molecule has 0 aliphatic heterocycles. The molecule has 0 saturated carbocycles. The largest absolute Gasteiger partial charge is 0.399 e. The van der Waals surface area contributed by atoms with Crippen molar-refractivity contribution >= 4 is 38.9 Å². The minimum atomic E-state index is -3.84. The highest BCUT2D eigenvalue weighted by atomic mass is 35.5. The summed E-state index contributed by atoms with van der Waals surface area (Å²) in [6.07, 6.45) is 0. The van der Waals surface area contributed by atoms with E-state index in [2.05, 4.69) is 4.72 Å².